The highest BCUT2D eigenvalue weighted by Crippen LogP contribution is 2.35. The predicted octanol–water partition coefficient (Wildman–Crippen LogP) is 1.39. The van der Waals surface area contributed by atoms with Gasteiger partial charge in [-0.1, -0.05) is 13.3 Å². The zero-order valence-electron chi connectivity index (χ0n) is 6.06. The second-order valence-corrected chi connectivity index (χ2v) is 3.60. The third-order valence-corrected chi connectivity index (χ3v) is 2.95. The molecule has 1 aliphatic carbocycles. The molecule has 1 saturated carbocycles. The fraction of sp³-hybridized carbons (Fsp3) is 1.00. The number of rotatable bonds is 1. The van der Waals surface area contributed by atoms with E-state index in [2.05, 4.69) is 12.2 Å². The molecule has 0 amide bonds. The summed E-state index contributed by atoms with van der Waals surface area (Å²) < 4.78 is 0. The first-order valence-corrected chi connectivity index (χ1v) is 4.11. The molecule has 2 unspecified atom stereocenters. The van der Waals surface area contributed by atoms with E-state index < -0.39 is 0 Å². The van der Waals surface area contributed by atoms with Crippen molar-refractivity contribution in [2.75, 3.05) is 6.54 Å². The van der Waals surface area contributed by atoms with Gasteiger partial charge in [0.15, 0.2) is 0 Å². The predicted molar refractivity (Wildman–Crippen MR) is 38.3 cm³/mol. The Labute approximate surface area is 56.8 Å². The molecular weight excluding hydrogens is 110 g/mol. The van der Waals surface area contributed by atoms with Gasteiger partial charge in [0.05, 0.1) is 0 Å². The average Bonchev–Trinajstić information content (AvgIpc) is 1.74. The van der Waals surface area contributed by atoms with Gasteiger partial charge in [0.25, 0.3) is 0 Å². The Morgan fingerprint density at radius 3 is 2.22 bits per heavy atom. The summed E-state index contributed by atoms with van der Waals surface area (Å²) in [5, 5.41) is 3.50. The smallest absolute Gasteiger partial charge is 0.0133 e. The van der Waals surface area contributed by atoms with E-state index >= 15 is 0 Å². The summed E-state index contributed by atoms with van der Waals surface area (Å²) in [4.78, 5) is 0. The van der Waals surface area contributed by atoms with Gasteiger partial charge in [0.2, 0.25) is 0 Å². The van der Waals surface area contributed by atoms with Crippen LogP contribution in [0.5, 0.6) is 0 Å². The highest BCUT2D eigenvalue weighted by Gasteiger charge is 2.35. The lowest BCUT2D eigenvalue weighted by atomic mass is 9.72. The Bertz CT molecular complexity index is 107. The maximum Gasteiger partial charge on any atom is 0.0133 e. The van der Waals surface area contributed by atoms with Gasteiger partial charge < -0.3 is 5.32 Å². The molecule has 0 spiro atoms. The summed E-state index contributed by atoms with van der Waals surface area (Å²) in [5.41, 5.74) is 0. The molecule has 2 fully saturated rings. The molecule has 1 saturated heterocycles. The van der Waals surface area contributed by atoms with Crippen LogP contribution in [-0.2, 0) is 0 Å². The Kier molecular flexibility index (Phi) is 1.26. The van der Waals surface area contributed by atoms with E-state index in [1.807, 2.05) is 0 Å². The zero-order chi connectivity index (χ0) is 6.27. The van der Waals surface area contributed by atoms with Gasteiger partial charge in [-0.15, -0.1) is 0 Å². The van der Waals surface area contributed by atoms with E-state index in [-0.39, 0.29) is 0 Å². The molecule has 9 heavy (non-hydrogen) atoms. The third kappa shape index (κ3) is 0.787. The van der Waals surface area contributed by atoms with E-state index in [1.54, 1.807) is 0 Å². The highest BCUT2D eigenvalue weighted by molar-refractivity contribution is 4.93. The monoisotopic (exact) mass is 125 g/mol. The summed E-state index contributed by atoms with van der Waals surface area (Å²) in [7, 11) is 0. The summed E-state index contributed by atoms with van der Waals surface area (Å²) in [6.45, 7) is 3.63. The van der Waals surface area contributed by atoms with E-state index in [4.69, 9.17) is 0 Å². The summed E-state index contributed by atoms with van der Waals surface area (Å²) in [6.07, 6.45) is 4.46. The second-order valence-electron chi connectivity index (χ2n) is 3.60. The Balaban J connectivity index is 1.83. The fourth-order valence-electron chi connectivity index (χ4n) is 1.92. The standard InChI is InChI=1S/C8H15N/c1-6-5-9-8(6)7-3-2-4-7/h6-9H,2-5H2,1H3. The maximum atomic E-state index is 3.50. The van der Waals surface area contributed by atoms with Crippen LogP contribution in [0.2, 0.25) is 0 Å². The SMILES string of the molecule is CC1CNC1C1CCC1. The van der Waals surface area contributed by atoms with Crippen molar-refractivity contribution in [2.24, 2.45) is 11.8 Å². The largest absolute Gasteiger partial charge is 0.313 e. The van der Waals surface area contributed by atoms with Gasteiger partial charge in [-0.05, 0) is 31.2 Å². The van der Waals surface area contributed by atoms with Crippen LogP contribution in [0.3, 0.4) is 0 Å². The minimum atomic E-state index is 0.902. The minimum Gasteiger partial charge on any atom is -0.313 e. The van der Waals surface area contributed by atoms with Crippen LogP contribution in [0.1, 0.15) is 26.2 Å². The van der Waals surface area contributed by atoms with Crippen LogP contribution < -0.4 is 5.32 Å². The van der Waals surface area contributed by atoms with Gasteiger partial charge in [0.1, 0.15) is 0 Å². The molecule has 1 heterocycles. The Morgan fingerprint density at radius 2 is 2.11 bits per heavy atom. The Hall–Kier alpha value is -0.0400. The van der Waals surface area contributed by atoms with Gasteiger partial charge >= 0.3 is 0 Å². The maximum absolute atomic E-state index is 3.50. The lowest BCUT2D eigenvalue weighted by molar-refractivity contribution is 0.116. The average molecular weight is 125 g/mol. The summed E-state index contributed by atoms with van der Waals surface area (Å²) in [6, 6.07) is 0.902. The molecule has 0 aromatic rings. The summed E-state index contributed by atoms with van der Waals surface area (Å²) in [5.74, 6) is 2.02. The lowest BCUT2D eigenvalue weighted by Crippen LogP contribution is -2.56. The number of nitrogens with one attached hydrogen (secondary N) is 1. The van der Waals surface area contributed by atoms with Gasteiger partial charge in [-0.3, -0.25) is 0 Å². The molecule has 0 aromatic carbocycles. The molecule has 2 atom stereocenters. The van der Waals surface area contributed by atoms with Gasteiger partial charge in [0, 0.05) is 6.04 Å². The van der Waals surface area contributed by atoms with Crippen molar-refractivity contribution in [3.05, 3.63) is 0 Å². The van der Waals surface area contributed by atoms with Crippen molar-refractivity contribution in [1.82, 2.24) is 5.32 Å². The molecule has 0 aromatic heterocycles. The van der Waals surface area contributed by atoms with E-state index in [9.17, 15) is 0 Å². The second kappa shape index (κ2) is 1.98. The molecule has 1 heteroatoms. The third-order valence-electron chi connectivity index (χ3n) is 2.95. The van der Waals surface area contributed by atoms with Gasteiger partial charge in [-0.2, -0.15) is 0 Å². The normalized spacial score (nSPS) is 43.7. The van der Waals surface area contributed by atoms with Crippen molar-refractivity contribution in [3.8, 4) is 0 Å². The highest BCUT2D eigenvalue weighted by atomic mass is 15.0. The fourth-order valence-corrected chi connectivity index (χ4v) is 1.92. The van der Waals surface area contributed by atoms with Crippen LogP contribution in [0.25, 0.3) is 0 Å². The lowest BCUT2D eigenvalue weighted by Gasteiger charge is -2.45. The molecule has 2 aliphatic rings. The van der Waals surface area contributed by atoms with Crippen LogP contribution in [0.4, 0.5) is 0 Å². The van der Waals surface area contributed by atoms with Crippen molar-refractivity contribution in [2.45, 2.75) is 32.2 Å². The zero-order valence-corrected chi connectivity index (χ0v) is 6.06. The van der Waals surface area contributed by atoms with E-state index in [0.29, 0.717) is 0 Å². The van der Waals surface area contributed by atoms with Crippen molar-refractivity contribution in [3.63, 3.8) is 0 Å². The van der Waals surface area contributed by atoms with Crippen LogP contribution in [0.15, 0.2) is 0 Å². The first-order valence-electron chi connectivity index (χ1n) is 4.11. The Morgan fingerprint density at radius 1 is 1.33 bits per heavy atom. The van der Waals surface area contributed by atoms with Gasteiger partial charge in [-0.25, -0.2) is 0 Å². The van der Waals surface area contributed by atoms with Crippen LogP contribution >= 0.6 is 0 Å². The van der Waals surface area contributed by atoms with Crippen molar-refractivity contribution in [1.29, 1.82) is 0 Å². The molecule has 0 radical (unpaired) electrons. The van der Waals surface area contributed by atoms with E-state index in [0.717, 1.165) is 17.9 Å². The molecule has 1 N–H and O–H groups in total. The van der Waals surface area contributed by atoms with Crippen molar-refractivity contribution < 1.29 is 0 Å². The van der Waals surface area contributed by atoms with Crippen LogP contribution in [0, 0.1) is 11.8 Å². The van der Waals surface area contributed by atoms with Crippen molar-refractivity contribution >= 4 is 0 Å². The molecular formula is C8H15N. The topological polar surface area (TPSA) is 12.0 Å². The first-order chi connectivity index (χ1) is 4.38. The molecule has 1 aliphatic heterocycles. The summed E-state index contributed by atoms with van der Waals surface area (Å²) >= 11 is 0. The molecule has 2 rings (SSSR count). The first kappa shape index (κ1) is 5.72. The molecule has 1 nitrogen and oxygen atoms in total. The van der Waals surface area contributed by atoms with Crippen LogP contribution in [-0.4, -0.2) is 12.6 Å². The quantitative estimate of drug-likeness (QED) is 0.558. The molecule has 0 bridgehead atoms. The van der Waals surface area contributed by atoms with E-state index in [1.165, 1.54) is 25.8 Å². The minimum absolute atomic E-state index is 0.902. The molecule has 52 valence electrons. The number of hydrogen-bond donors (Lipinski definition) is 1. The number of hydrogen-bond acceptors (Lipinski definition) is 1.